The largest absolute Gasteiger partial charge is 0.484 e. The maximum absolute atomic E-state index is 11.0. The van der Waals surface area contributed by atoms with Crippen LogP contribution in [0.25, 0.3) is 0 Å². The smallest absolute Gasteiger partial charge is 0.314 e. The Bertz CT molecular complexity index is 386. The van der Waals surface area contributed by atoms with Gasteiger partial charge in [-0.15, -0.1) is 0 Å². The van der Waals surface area contributed by atoms with Crippen LogP contribution < -0.4 is 4.74 Å². The van der Waals surface area contributed by atoms with Crippen LogP contribution in [0.2, 0.25) is 0 Å². The number of hydrogen-bond donors (Lipinski definition) is 0. The number of benzene rings is 1. The lowest BCUT2D eigenvalue weighted by Gasteiger charge is -2.13. The average molecular weight is 222 g/mol. The maximum Gasteiger partial charge on any atom is 0.314 e. The second-order valence-electron chi connectivity index (χ2n) is 4.08. The zero-order valence-corrected chi connectivity index (χ0v) is 9.98. The van der Waals surface area contributed by atoms with Crippen LogP contribution in [-0.4, -0.2) is 11.0 Å². The molecule has 1 aromatic rings. The van der Waals surface area contributed by atoms with E-state index in [9.17, 15) is 10.1 Å². The molecule has 1 rings (SSSR count). The maximum atomic E-state index is 11.0. The predicted octanol–water partition coefficient (Wildman–Crippen LogP) is 3.34. The third-order valence-corrected chi connectivity index (χ3v) is 2.08. The summed E-state index contributed by atoms with van der Waals surface area (Å²) in [5, 5.41) is 11.0. The van der Waals surface area contributed by atoms with Crippen LogP contribution in [0.15, 0.2) is 18.2 Å². The van der Waals surface area contributed by atoms with Crippen molar-refractivity contribution in [1.82, 2.24) is 0 Å². The molecule has 0 spiro atoms. The highest BCUT2D eigenvalue weighted by molar-refractivity contribution is 5.57. The molecule has 1 radical (unpaired) electrons. The van der Waals surface area contributed by atoms with Crippen molar-refractivity contribution in [2.75, 3.05) is 0 Å². The van der Waals surface area contributed by atoms with Crippen molar-refractivity contribution < 1.29 is 9.66 Å². The van der Waals surface area contributed by atoms with Crippen molar-refractivity contribution in [2.45, 2.75) is 33.8 Å². The van der Waals surface area contributed by atoms with Crippen LogP contribution in [-0.2, 0) is 0 Å². The van der Waals surface area contributed by atoms with Gasteiger partial charge >= 0.3 is 5.69 Å². The van der Waals surface area contributed by atoms with Crippen molar-refractivity contribution in [3.63, 3.8) is 0 Å². The highest BCUT2D eigenvalue weighted by Crippen LogP contribution is 2.35. The highest BCUT2D eigenvalue weighted by Gasteiger charge is 2.23. The first-order valence-electron chi connectivity index (χ1n) is 5.18. The molecule has 0 fully saturated rings. The zero-order valence-electron chi connectivity index (χ0n) is 9.98. The molecule has 0 aliphatic carbocycles. The minimum Gasteiger partial charge on any atom is -0.484 e. The molecule has 1 aromatic carbocycles. The van der Waals surface area contributed by atoms with E-state index in [2.05, 4.69) is 0 Å². The van der Waals surface area contributed by atoms with Gasteiger partial charge in [0.2, 0.25) is 0 Å². The highest BCUT2D eigenvalue weighted by atomic mass is 16.6. The van der Waals surface area contributed by atoms with Gasteiger partial charge in [-0.05, 0) is 19.9 Å². The van der Waals surface area contributed by atoms with E-state index in [4.69, 9.17) is 4.74 Å². The first-order chi connectivity index (χ1) is 7.43. The summed E-state index contributed by atoms with van der Waals surface area (Å²) in [5.41, 5.74) is 0.680. The van der Waals surface area contributed by atoms with E-state index in [1.54, 1.807) is 18.2 Å². The number of nitro benzene ring substituents is 1. The Hall–Kier alpha value is -1.58. The molecule has 0 aliphatic rings. The van der Waals surface area contributed by atoms with Crippen LogP contribution >= 0.6 is 0 Å². The first kappa shape index (κ1) is 12.5. The number of para-hydroxylation sites is 1. The molecule has 0 atom stereocenters. The molecule has 4 heteroatoms. The molecule has 0 aliphatic heterocycles. The molecular weight excluding hydrogens is 206 g/mol. The van der Waals surface area contributed by atoms with Gasteiger partial charge in [-0.25, -0.2) is 0 Å². The van der Waals surface area contributed by atoms with Gasteiger partial charge in [0.15, 0.2) is 5.75 Å². The lowest BCUT2D eigenvalue weighted by atomic mass is 10.0. The van der Waals surface area contributed by atoms with E-state index in [0.29, 0.717) is 11.3 Å². The van der Waals surface area contributed by atoms with Gasteiger partial charge in [-0.2, -0.15) is 0 Å². The van der Waals surface area contributed by atoms with E-state index in [-0.39, 0.29) is 16.7 Å². The molecule has 0 unspecified atom stereocenters. The summed E-state index contributed by atoms with van der Waals surface area (Å²) in [5.74, 6) is 1.24. The number of rotatable bonds is 4. The van der Waals surface area contributed by atoms with Gasteiger partial charge in [0.25, 0.3) is 0 Å². The number of hydrogen-bond acceptors (Lipinski definition) is 3. The van der Waals surface area contributed by atoms with Gasteiger partial charge in [0, 0.05) is 11.5 Å². The van der Waals surface area contributed by atoms with E-state index >= 15 is 0 Å². The van der Waals surface area contributed by atoms with E-state index in [0.717, 1.165) is 5.92 Å². The van der Waals surface area contributed by atoms with Crippen LogP contribution in [0.3, 0.4) is 0 Å². The SMILES string of the molecule is C[C](C)c1cccc(OC(C)C)c1[N+](=O)[O-]. The predicted molar refractivity (Wildman–Crippen MR) is 62.6 cm³/mol. The van der Waals surface area contributed by atoms with E-state index < -0.39 is 0 Å². The Morgan fingerprint density at radius 2 is 2.00 bits per heavy atom. The fourth-order valence-corrected chi connectivity index (χ4v) is 1.46. The van der Waals surface area contributed by atoms with Crippen LogP contribution in [0.1, 0.15) is 33.3 Å². The molecule has 87 valence electrons. The molecule has 0 heterocycles. The molecule has 16 heavy (non-hydrogen) atoms. The topological polar surface area (TPSA) is 52.4 Å². The van der Waals surface area contributed by atoms with Crippen molar-refractivity contribution in [1.29, 1.82) is 0 Å². The summed E-state index contributed by atoms with van der Waals surface area (Å²) in [6.07, 6.45) is -0.0777. The van der Waals surface area contributed by atoms with Gasteiger partial charge < -0.3 is 4.74 Å². The lowest BCUT2D eigenvalue weighted by molar-refractivity contribution is -0.386. The Morgan fingerprint density at radius 1 is 1.38 bits per heavy atom. The second-order valence-corrected chi connectivity index (χ2v) is 4.08. The Morgan fingerprint density at radius 3 is 2.44 bits per heavy atom. The lowest BCUT2D eigenvalue weighted by Crippen LogP contribution is -2.09. The molecule has 4 nitrogen and oxygen atoms in total. The van der Waals surface area contributed by atoms with E-state index in [1.807, 2.05) is 27.7 Å². The van der Waals surface area contributed by atoms with Crippen molar-refractivity contribution in [2.24, 2.45) is 0 Å². The fourth-order valence-electron chi connectivity index (χ4n) is 1.46. The van der Waals surface area contributed by atoms with Gasteiger partial charge in [-0.3, -0.25) is 10.1 Å². The van der Waals surface area contributed by atoms with E-state index in [1.165, 1.54) is 0 Å². The number of nitro groups is 1. The molecule has 0 saturated heterocycles. The third-order valence-electron chi connectivity index (χ3n) is 2.08. The van der Waals surface area contributed by atoms with Gasteiger partial charge in [0.05, 0.1) is 11.0 Å². The molecule has 0 aromatic heterocycles. The van der Waals surface area contributed by atoms with Gasteiger partial charge in [0.1, 0.15) is 0 Å². The average Bonchev–Trinajstić information content (AvgIpc) is 2.15. The Labute approximate surface area is 95.4 Å². The summed E-state index contributed by atoms with van der Waals surface area (Å²) >= 11 is 0. The number of ether oxygens (including phenoxy) is 1. The summed E-state index contributed by atoms with van der Waals surface area (Å²) in [6, 6.07) is 5.14. The van der Waals surface area contributed by atoms with Crippen molar-refractivity contribution in [3.05, 3.63) is 39.8 Å². The Kier molecular flexibility index (Phi) is 3.88. The van der Waals surface area contributed by atoms with Gasteiger partial charge in [-0.1, -0.05) is 26.0 Å². The quantitative estimate of drug-likeness (QED) is 0.580. The molecule has 0 amide bonds. The standard InChI is InChI=1S/C12H16NO3/c1-8(2)10-6-5-7-11(16-9(3)4)12(10)13(14)15/h5-7,9H,1-4H3. The van der Waals surface area contributed by atoms with Crippen molar-refractivity contribution >= 4 is 5.69 Å². The minimum absolute atomic E-state index is 0.0520. The number of nitrogens with zero attached hydrogens (tertiary/aromatic N) is 1. The molecule has 0 bridgehead atoms. The van der Waals surface area contributed by atoms with Crippen LogP contribution in [0.4, 0.5) is 5.69 Å². The molecule has 0 saturated carbocycles. The second kappa shape index (κ2) is 4.96. The minimum atomic E-state index is -0.389. The fraction of sp³-hybridized carbons (Fsp3) is 0.417. The van der Waals surface area contributed by atoms with Crippen LogP contribution in [0, 0.1) is 16.0 Å². The summed E-state index contributed by atoms with van der Waals surface area (Å²) in [7, 11) is 0. The summed E-state index contributed by atoms with van der Waals surface area (Å²) < 4.78 is 5.44. The van der Waals surface area contributed by atoms with Crippen LogP contribution in [0.5, 0.6) is 5.75 Å². The summed E-state index contributed by atoms with van der Waals surface area (Å²) in [4.78, 5) is 10.7. The third kappa shape index (κ3) is 2.72. The summed E-state index contributed by atoms with van der Waals surface area (Å²) in [6.45, 7) is 7.39. The first-order valence-corrected chi connectivity index (χ1v) is 5.18. The zero-order chi connectivity index (χ0) is 12.3. The van der Waals surface area contributed by atoms with Crippen molar-refractivity contribution in [3.8, 4) is 5.75 Å². The monoisotopic (exact) mass is 222 g/mol. The molecular formula is C12H16NO3. The normalized spacial score (nSPS) is 10.9. The molecule has 0 N–H and O–H groups in total. The Balaban J connectivity index is 3.27.